The van der Waals surface area contributed by atoms with Crippen LogP contribution in [0.2, 0.25) is 0 Å². The van der Waals surface area contributed by atoms with E-state index < -0.39 is 17.2 Å². The molecule has 5 nitrogen and oxygen atoms in total. The molecule has 0 unspecified atom stereocenters. The fourth-order valence-electron chi connectivity index (χ4n) is 3.55. The van der Waals surface area contributed by atoms with Gasteiger partial charge in [-0.05, 0) is 26.8 Å². The molecule has 1 N–H and O–H groups in total. The van der Waals surface area contributed by atoms with Crippen molar-refractivity contribution in [1.29, 1.82) is 0 Å². The van der Waals surface area contributed by atoms with Crippen LogP contribution in [0.25, 0.3) is 10.9 Å². The SMILES string of the molecule is CCCCc1nc(N2CCN(C)CC2)c(C(F)(F)F)c2[nH]c(C)cc(=O)c12. The Morgan fingerprint density at radius 1 is 1.22 bits per heavy atom. The van der Waals surface area contributed by atoms with Crippen LogP contribution < -0.4 is 10.3 Å². The number of nitrogens with one attached hydrogen (secondary N) is 1. The monoisotopic (exact) mass is 382 g/mol. The zero-order valence-electron chi connectivity index (χ0n) is 15.9. The van der Waals surface area contributed by atoms with Crippen LogP contribution in [0.3, 0.4) is 0 Å². The number of hydrogen-bond donors (Lipinski definition) is 1. The smallest absolute Gasteiger partial charge is 0.358 e. The molecule has 1 fully saturated rings. The summed E-state index contributed by atoms with van der Waals surface area (Å²) in [6, 6.07) is 1.34. The molecule has 0 bridgehead atoms. The van der Waals surface area contributed by atoms with Gasteiger partial charge in [0, 0.05) is 37.9 Å². The largest absolute Gasteiger partial charge is 0.421 e. The third-order valence-electron chi connectivity index (χ3n) is 5.02. The summed E-state index contributed by atoms with van der Waals surface area (Å²) >= 11 is 0. The molecule has 0 spiro atoms. The van der Waals surface area contributed by atoms with Gasteiger partial charge in [-0.1, -0.05) is 13.3 Å². The highest BCUT2D eigenvalue weighted by Crippen LogP contribution is 2.40. The predicted octanol–water partition coefficient (Wildman–Crippen LogP) is 3.34. The molecule has 148 valence electrons. The van der Waals surface area contributed by atoms with Crippen LogP contribution in [0, 0.1) is 6.92 Å². The summed E-state index contributed by atoms with van der Waals surface area (Å²) in [6.07, 6.45) is -2.48. The Hall–Kier alpha value is -2.09. The summed E-state index contributed by atoms with van der Waals surface area (Å²) in [6.45, 7) is 5.89. The van der Waals surface area contributed by atoms with Crippen LogP contribution >= 0.6 is 0 Å². The summed E-state index contributed by atoms with van der Waals surface area (Å²) in [5, 5.41) is 0.0688. The van der Waals surface area contributed by atoms with E-state index in [1.807, 2.05) is 14.0 Å². The van der Waals surface area contributed by atoms with Crippen molar-refractivity contribution in [1.82, 2.24) is 14.9 Å². The van der Waals surface area contributed by atoms with E-state index in [9.17, 15) is 18.0 Å². The van der Waals surface area contributed by atoms with Gasteiger partial charge in [0.2, 0.25) is 0 Å². The molecule has 0 saturated carbocycles. The minimum Gasteiger partial charge on any atom is -0.358 e. The van der Waals surface area contributed by atoms with Crippen molar-refractivity contribution in [3.8, 4) is 0 Å². The Bertz CT molecular complexity index is 883. The maximum atomic E-state index is 14.1. The van der Waals surface area contributed by atoms with Gasteiger partial charge in [-0.2, -0.15) is 13.2 Å². The van der Waals surface area contributed by atoms with Crippen LogP contribution in [0.5, 0.6) is 0 Å². The fourth-order valence-corrected chi connectivity index (χ4v) is 3.55. The summed E-state index contributed by atoms with van der Waals surface area (Å²) in [5.74, 6) is -0.0598. The van der Waals surface area contributed by atoms with E-state index in [0.29, 0.717) is 44.0 Å². The lowest BCUT2D eigenvalue weighted by molar-refractivity contribution is -0.136. The van der Waals surface area contributed by atoms with Gasteiger partial charge in [0.1, 0.15) is 11.4 Å². The Balaban J connectivity index is 2.31. The molecule has 1 aliphatic heterocycles. The van der Waals surface area contributed by atoms with Crippen LogP contribution in [-0.4, -0.2) is 48.1 Å². The average Bonchev–Trinajstić information content (AvgIpc) is 2.58. The van der Waals surface area contributed by atoms with Crippen molar-refractivity contribution >= 4 is 16.7 Å². The number of pyridine rings is 2. The van der Waals surface area contributed by atoms with Crippen molar-refractivity contribution in [2.45, 2.75) is 39.3 Å². The lowest BCUT2D eigenvalue weighted by atomic mass is 10.0. The first-order valence-corrected chi connectivity index (χ1v) is 9.29. The number of piperazine rings is 1. The normalized spacial score (nSPS) is 16.3. The number of aryl methyl sites for hydroxylation is 2. The second-order valence-corrected chi connectivity index (χ2v) is 7.22. The number of halogens is 3. The molecular formula is C19H25F3N4O. The number of hydrogen-bond acceptors (Lipinski definition) is 4. The van der Waals surface area contributed by atoms with Crippen LogP contribution in [0.4, 0.5) is 19.0 Å². The third-order valence-corrected chi connectivity index (χ3v) is 5.02. The van der Waals surface area contributed by atoms with Crippen molar-refractivity contribution < 1.29 is 13.2 Å². The number of nitrogens with zero attached hydrogens (tertiary/aromatic N) is 3. The number of unbranched alkanes of at least 4 members (excludes halogenated alkanes) is 1. The molecule has 0 aliphatic carbocycles. The summed E-state index contributed by atoms with van der Waals surface area (Å²) in [4.78, 5) is 23.5. The molecule has 3 rings (SSSR count). The highest BCUT2D eigenvalue weighted by Gasteiger charge is 2.40. The number of likely N-dealkylation sites (N-methyl/N-ethyl adjacent to an activating group) is 1. The van der Waals surface area contributed by atoms with Crippen molar-refractivity contribution in [2.75, 3.05) is 38.1 Å². The second kappa shape index (κ2) is 7.50. The van der Waals surface area contributed by atoms with Gasteiger partial charge in [0.25, 0.3) is 0 Å². The maximum absolute atomic E-state index is 14.1. The molecule has 8 heteroatoms. The highest BCUT2D eigenvalue weighted by molar-refractivity contribution is 5.88. The minimum atomic E-state index is -4.61. The van der Waals surface area contributed by atoms with Crippen molar-refractivity contribution in [3.63, 3.8) is 0 Å². The molecule has 1 aliphatic rings. The topological polar surface area (TPSA) is 52.2 Å². The molecular weight excluding hydrogens is 357 g/mol. The van der Waals surface area contributed by atoms with E-state index >= 15 is 0 Å². The number of aromatic nitrogens is 2. The van der Waals surface area contributed by atoms with E-state index in [4.69, 9.17) is 0 Å². The Morgan fingerprint density at radius 3 is 2.48 bits per heavy atom. The van der Waals surface area contributed by atoms with E-state index in [1.165, 1.54) is 6.07 Å². The zero-order chi connectivity index (χ0) is 19.8. The first-order valence-electron chi connectivity index (χ1n) is 9.29. The van der Waals surface area contributed by atoms with Gasteiger partial charge in [-0.15, -0.1) is 0 Å². The number of aromatic amines is 1. The molecule has 0 atom stereocenters. The van der Waals surface area contributed by atoms with Crippen molar-refractivity contribution in [3.05, 3.63) is 33.2 Å². The van der Waals surface area contributed by atoms with Gasteiger partial charge in [-0.3, -0.25) is 4.79 Å². The van der Waals surface area contributed by atoms with Crippen LogP contribution in [0.1, 0.15) is 36.7 Å². The molecule has 2 aromatic heterocycles. The van der Waals surface area contributed by atoms with E-state index in [-0.39, 0.29) is 16.7 Å². The number of fused-ring (bicyclic) bond motifs is 1. The zero-order valence-corrected chi connectivity index (χ0v) is 15.9. The number of H-pyrrole nitrogens is 1. The summed E-state index contributed by atoms with van der Waals surface area (Å²) in [5.41, 5.74) is -0.508. The lowest BCUT2D eigenvalue weighted by Gasteiger charge is -2.35. The molecule has 0 aromatic carbocycles. The molecule has 1 saturated heterocycles. The summed E-state index contributed by atoms with van der Waals surface area (Å²) in [7, 11) is 1.95. The predicted molar refractivity (Wildman–Crippen MR) is 100 cm³/mol. The van der Waals surface area contributed by atoms with E-state index in [0.717, 1.165) is 12.8 Å². The van der Waals surface area contributed by atoms with Crippen molar-refractivity contribution in [2.24, 2.45) is 0 Å². The maximum Gasteiger partial charge on any atom is 0.421 e. The standard InChI is InChI=1S/C19H25F3N4O/c1-4-5-6-13-15-14(27)11-12(2)23-17(15)16(19(20,21)22)18(24-13)26-9-7-25(3)8-10-26/h11H,4-10H2,1-3H3,(H,23,27). The highest BCUT2D eigenvalue weighted by atomic mass is 19.4. The lowest BCUT2D eigenvalue weighted by Crippen LogP contribution is -2.45. The Morgan fingerprint density at radius 2 is 1.89 bits per heavy atom. The Labute approximate surface area is 156 Å². The number of rotatable bonds is 4. The molecule has 0 radical (unpaired) electrons. The number of anilines is 1. The van der Waals surface area contributed by atoms with E-state index in [1.54, 1.807) is 11.8 Å². The van der Waals surface area contributed by atoms with E-state index in [2.05, 4.69) is 14.9 Å². The van der Waals surface area contributed by atoms with Gasteiger partial charge in [-0.25, -0.2) is 4.98 Å². The van der Waals surface area contributed by atoms with Gasteiger partial charge < -0.3 is 14.8 Å². The molecule has 27 heavy (non-hydrogen) atoms. The first-order chi connectivity index (χ1) is 12.7. The minimum absolute atomic E-state index is 0.0598. The molecule has 0 amide bonds. The first kappa shape index (κ1) is 19.7. The molecule has 2 aromatic rings. The van der Waals surface area contributed by atoms with Gasteiger partial charge in [0.05, 0.1) is 16.6 Å². The van der Waals surface area contributed by atoms with Crippen LogP contribution in [-0.2, 0) is 12.6 Å². The quantitative estimate of drug-likeness (QED) is 0.881. The molecule has 3 heterocycles. The fraction of sp³-hybridized carbons (Fsp3) is 0.579. The third kappa shape index (κ3) is 3.95. The summed E-state index contributed by atoms with van der Waals surface area (Å²) < 4.78 is 42.2. The van der Waals surface area contributed by atoms with Gasteiger partial charge in [0.15, 0.2) is 5.43 Å². The van der Waals surface area contributed by atoms with Gasteiger partial charge >= 0.3 is 6.18 Å². The Kier molecular flexibility index (Phi) is 5.46. The van der Waals surface area contributed by atoms with Crippen LogP contribution in [0.15, 0.2) is 10.9 Å². The average molecular weight is 382 g/mol. The number of alkyl halides is 3. The second-order valence-electron chi connectivity index (χ2n) is 7.22.